The van der Waals surface area contributed by atoms with Crippen LogP contribution in [0, 0.1) is 5.92 Å². The maximum atomic E-state index is 4.88. The number of thiazole rings is 1. The van der Waals surface area contributed by atoms with E-state index in [1.54, 1.807) is 0 Å². The van der Waals surface area contributed by atoms with Gasteiger partial charge in [-0.05, 0) is 24.4 Å². The first kappa shape index (κ1) is 15.2. The predicted molar refractivity (Wildman–Crippen MR) is 87.3 cm³/mol. The minimum absolute atomic E-state index is 0.655. The van der Waals surface area contributed by atoms with E-state index in [0.29, 0.717) is 5.92 Å². The number of benzene rings is 1. The van der Waals surface area contributed by atoms with Gasteiger partial charge in [-0.25, -0.2) is 4.98 Å². The Bertz CT molecular complexity index is 517. The van der Waals surface area contributed by atoms with Gasteiger partial charge in [-0.3, -0.25) is 0 Å². The van der Waals surface area contributed by atoms with Crippen LogP contribution in [0.4, 0.5) is 0 Å². The van der Waals surface area contributed by atoms with Gasteiger partial charge >= 0.3 is 0 Å². The predicted octanol–water partition coefficient (Wildman–Crippen LogP) is 4.04. The molecule has 0 aliphatic rings. The third-order valence-electron chi connectivity index (χ3n) is 3.16. The van der Waals surface area contributed by atoms with Gasteiger partial charge in [0.15, 0.2) is 0 Å². The van der Waals surface area contributed by atoms with Gasteiger partial charge in [0.05, 0.1) is 10.7 Å². The monoisotopic (exact) mass is 288 g/mol. The molecule has 0 bridgehead atoms. The zero-order valence-corrected chi connectivity index (χ0v) is 13.5. The Morgan fingerprint density at radius 3 is 2.60 bits per heavy atom. The van der Waals surface area contributed by atoms with E-state index in [9.17, 15) is 0 Å². The van der Waals surface area contributed by atoms with Gasteiger partial charge in [-0.15, -0.1) is 11.3 Å². The third-order valence-corrected chi connectivity index (χ3v) is 4.26. The number of rotatable bonds is 7. The molecular weight excluding hydrogens is 264 g/mol. The van der Waals surface area contributed by atoms with Gasteiger partial charge in [0.1, 0.15) is 0 Å². The molecule has 0 fully saturated rings. The van der Waals surface area contributed by atoms with Crippen molar-refractivity contribution in [3.8, 4) is 0 Å². The van der Waals surface area contributed by atoms with Gasteiger partial charge in [-0.2, -0.15) is 0 Å². The lowest BCUT2D eigenvalue weighted by Crippen LogP contribution is -2.12. The fourth-order valence-electron chi connectivity index (χ4n) is 2.21. The second-order valence-electron chi connectivity index (χ2n) is 5.52. The van der Waals surface area contributed by atoms with Crippen LogP contribution >= 0.6 is 11.3 Å². The van der Waals surface area contributed by atoms with E-state index in [1.807, 2.05) is 11.3 Å². The largest absolute Gasteiger partial charge is 0.312 e. The highest BCUT2D eigenvalue weighted by atomic mass is 32.1. The number of hydrogen-bond donors (Lipinski definition) is 1. The minimum Gasteiger partial charge on any atom is -0.312 e. The minimum atomic E-state index is 0.655. The Balaban J connectivity index is 2.14. The summed E-state index contributed by atoms with van der Waals surface area (Å²) in [7, 11) is 0. The molecule has 2 aromatic rings. The summed E-state index contributed by atoms with van der Waals surface area (Å²) in [5.74, 6) is 0.655. The first-order valence-electron chi connectivity index (χ1n) is 7.41. The van der Waals surface area contributed by atoms with Crippen molar-refractivity contribution in [2.24, 2.45) is 5.92 Å². The summed E-state index contributed by atoms with van der Waals surface area (Å²) in [5, 5.41) is 4.66. The first-order chi connectivity index (χ1) is 9.69. The summed E-state index contributed by atoms with van der Waals surface area (Å²) in [6.45, 7) is 8.62. The molecule has 0 atom stereocenters. The molecule has 0 amide bonds. The Morgan fingerprint density at radius 2 is 1.95 bits per heavy atom. The van der Waals surface area contributed by atoms with E-state index in [-0.39, 0.29) is 0 Å². The molecule has 0 unspecified atom stereocenters. The molecule has 0 saturated heterocycles. The van der Waals surface area contributed by atoms with Crippen molar-refractivity contribution in [3.63, 3.8) is 0 Å². The molecular formula is C17H24N2S. The Hall–Kier alpha value is -1.19. The van der Waals surface area contributed by atoms with Crippen LogP contribution in [0.2, 0.25) is 0 Å². The SMILES string of the molecule is CCNCc1sc(Cc2ccccc2)nc1CC(C)C. The molecule has 0 spiro atoms. The lowest BCUT2D eigenvalue weighted by Gasteiger charge is -2.04. The molecule has 1 aromatic heterocycles. The van der Waals surface area contributed by atoms with Crippen LogP contribution < -0.4 is 5.32 Å². The number of nitrogens with zero attached hydrogens (tertiary/aromatic N) is 1. The molecule has 0 saturated carbocycles. The smallest absolute Gasteiger partial charge is 0.0975 e. The summed E-state index contributed by atoms with van der Waals surface area (Å²) >= 11 is 1.86. The molecule has 0 radical (unpaired) electrons. The average molecular weight is 288 g/mol. The van der Waals surface area contributed by atoms with Gasteiger partial charge in [0.2, 0.25) is 0 Å². The standard InChI is InChI=1S/C17H24N2S/c1-4-18-12-16-15(10-13(2)3)19-17(20-16)11-14-8-6-5-7-9-14/h5-9,13,18H,4,10-12H2,1-3H3. The lowest BCUT2D eigenvalue weighted by molar-refractivity contribution is 0.626. The highest BCUT2D eigenvalue weighted by Gasteiger charge is 2.12. The molecule has 1 N–H and O–H groups in total. The van der Waals surface area contributed by atoms with Crippen LogP contribution in [0.15, 0.2) is 30.3 Å². The molecule has 2 nitrogen and oxygen atoms in total. The number of aromatic nitrogens is 1. The zero-order chi connectivity index (χ0) is 14.4. The van der Waals surface area contributed by atoms with E-state index in [4.69, 9.17) is 4.98 Å². The summed E-state index contributed by atoms with van der Waals surface area (Å²) < 4.78 is 0. The van der Waals surface area contributed by atoms with Gasteiger partial charge in [-0.1, -0.05) is 51.1 Å². The molecule has 20 heavy (non-hydrogen) atoms. The van der Waals surface area contributed by atoms with Crippen LogP contribution in [0.3, 0.4) is 0 Å². The van der Waals surface area contributed by atoms with E-state index >= 15 is 0 Å². The first-order valence-corrected chi connectivity index (χ1v) is 8.22. The third kappa shape index (κ3) is 4.43. The summed E-state index contributed by atoms with van der Waals surface area (Å²) in [6, 6.07) is 10.6. The van der Waals surface area contributed by atoms with Crippen molar-refractivity contribution in [2.75, 3.05) is 6.54 Å². The normalized spacial score (nSPS) is 11.2. The van der Waals surface area contributed by atoms with Crippen LogP contribution in [-0.4, -0.2) is 11.5 Å². The topological polar surface area (TPSA) is 24.9 Å². The van der Waals surface area contributed by atoms with Crippen LogP contribution in [0.5, 0.6) is 0 Å². The summed E-state index contributed by atoms with van der Waals surface area (Å²) in [6.07, 6.45) is 2.02. The molecule has 2 rings (SSSR count). The van der Waals surface area contributed by atoms with Gasteiger partial charge in [0, 0.05) is 17.8 Å². The second kappa shape index (κ2) is 7.55. The van der Waals surface area contributed by atoms with Crippen LogP contribution in [0.1, 0.15) is 41.9 Å². The van der Waals surface area contributed by atoms with Gasteiger partial charge < -0.3 is 5.32 Å². The zero-order valence-electron chi connectivity index (χ0n) is 12.6. The van der Waals surface area contributed by atoms with Crippen molar-refractivity contribution in [2.45, 2.75) is 40.2 Å². The highest BCUT2D eigenvalue weighted by Crippen LogP contribution is 2.23. The van der Waals surface area contributed by atoms with Crippen LogP contribution in [-0.2, 0) is 19.4 Å². The van der Waals surface area contributed by atoms with Crippen molar-refractivity contribution in [1.29, 1.82) is 0 Å². The fraction of sp³-hybridized carbons (Fsp3) is 0.471. The average Bonchev–Trinajstić information content (AvgIpc) is 2.78. The van der Waals surface area contributed by atoms with Crippen molar-refractivity contribution < 1.29 is 0 Å². The van der Waals surface area contributed by atoms with Crippen LogP contribution in [0.25, 0.3) is 0 Å². The molecule has 0 aliphatic heterocycles. The van der Waals surface area contributed by atoms with Crippen molar-refractivity contribution >= 4 is 11.3 Å². The van der Waals surface area contributed by atoms with E-state index in [0.717, 1.165) is 25.9 Å². The molecule has 0 aliphatic carbocycles. The molecule has 1 aromatic carbocycles. The maximum absolute atomic E-state index is 4.88. The van der Waals surface area contributed by atoms with E-state index < -0.39 is 0 Å². The summed E-state index contributed by atoms with van der Waals surface area (Å²) in [4.78, 5) is 6.29. The quantitative estimate of drug-likeness (QED) is 0.831. The van der Waals surface area contributed by atoms with Crippen molar-refractivity contribution in [1.82, 2.24) is 10.3 Å². The summed E-state index contributed by atoms with van der Waals surface area (Å²) in [5.41, 5.74) is 2.63. The van der Waals surface area contributed by atoms with E-state index in [2.05, 4.69) is 56.4 Å². The van der Waals surface area contributed by atoms with Crippen molar-refractivity contribution in [3.05, 3.63) is 51.5 Å². The lowest BCUT2D eigenvalue weighted by atomic mass is 10.1. The number of nitrogens with one attached hydrogen (secondary N) is 1. The molecule has 1 heterocycles. The Kier molecular flexibility index (Phi) is 5.74. The second-order valence-corrected chi connectivity index (χ2v) is 6.69. The molecule has 3 heteroatoms. The number of hydrogen-bond acceptors (Lipinski definition) is 3. The maximum Gasteiger partial charge on any atom is 0.0975 e. The Morgan fingerprint density at radius 1 is 1.20 bits per heavy atom. The Labute approximate surface area is 126 Å². The van der Waals surface area contributed by atoms with Gasteiger partial charge in [0.25, 0.3) is 0 Å². The van der Waals surface area contributed by atoms with E-state index in [1.165, 1.54) is 21.1 Å². The molecule has 108 valence electrons. The highest BCUT2D eigenvalue weighted by molar-refractivity contribution is 7.11. The fourth-order valence-corrected chi connectivity index (χ4v) is 3.31.